The molecule has 4 rings (SSSR count). The monoisotopic (exact) mass is 485 g/mol. The summed E-state index contributed by atoms with van der Waals surface area (Å²) in [7, 11) is -2.05. The first-order valence-electron chi connectivity index (χ1n) is 10.6. The lowest BCUT2D eigenvalue weighted by Gasteiger charge is -2.14. The maximum Gasteiger partial charge on any atom is 0.229 e. The summed E-state index contributed by atoms with van der Waals surface area (Å²) in [5.41, 5.74) is 1.54. The SMILES string of the molecule is COc1ccc(C(=O)CC2CC2)cc1Nc1ncc(F)c(Nc2ccccc2NS(C)(=O)=O)n1. The highest BCUT2D eigenvalue weighted by Gasteiger charge is 2.25. The third-order valence-corrected chi connectivity index (χ3v) is 5.75. The molecular weight excluding hydrogens is 461 g/mol. The Bertz CT molecular complexity index is 1330. The van der Waals surface area contributed by atoms with Gasteiger partial charge in [-0.05, 0) is 49.1 Å². The average molecular weight is 486 g/mol. The van der Waals surface area contributed by atoms with Gasteiger partial charge >= 0.3 is 0 Å². The molecule has 0 amide bonds. The van der Waals surface area contributed by atoms with Crippen LogP contribution >= 0.6 is 0 Å². The van der Waals surface area contributed by atoms with Gasteiger partial charge in [0.15, 0.2) is 17.4 Å². The Kier molecular flexibility index (Phi) is 6.64. The fourth-order valence-electron chi connectivity index (χ4n) is 3.33. The summed E-state index contributed by atoms with van der Waals surface area (Å²) >= 11 is 0. The van der Waals surface area contributed by atoms with Gasteiger partial charge in [0, 0.05) is 12.0 Å². The molecule has 1 heterocycles. The van der Waals surface area contributed by atoms with Crippen molar-refractivity contribution in [1.29, 1.82) is 0 Å². The van der Waals surface area contributed by atoms with E-state index in [1.165, 1.54) is 13.2 Å². The second kappa shape index (κ2) is 9.64. The summed E-state index contributed by atoms with van der Waals surface area (Å²) < 4.78 is 45.5. The number of benzene rings is 2. The molecule has 34 heavy (non-hydrogen) atoms. The number of Topliss-reactive ketones (excluding diaryl/α,β-unsaturated/α-hetero) is 1. The van der Waals surface area contributed by atoms with Gasteiger partial charge in [-0.2, -0.15) is 4.98 Å². The van der Waals surface area contributed by atoms with Crippen LogP contribution in [-0.2, 0) is 10.0 Å². The molecule has 1 aromatic heterocycles. The second-order valence-corrected chi connectivity index (χ2v) is 9.79. The molecule has 1 fully saturated rings. The van der Waals surface area contributed by atoms with E-state index in [0.717, 1.165) is 25.3 Å². The summed E-state index contributed by atoms with van der Waals surface area (Å²) in [5.74, 6) is 0.126. The third kappa shape index (κ3) is 5.98. The van der Waals surface area contributed by atoms with E-state index in [-0.39, 0.29) is 23.2 Å². The van der Waals surface area contributed by atoms with Gasteiger partial charge < -0.3 is 15.4 Å². The number of methoxy groups -OCH3 is 1. The number of hydrogen-bond donors (Lipinski definition) is 3. The highest BCUT2D eigenvalue weighted by Crippen LogP contribution is 2.35. The lowest BCUT2D eigenvalue weighted by Crippen LogP contribution is -2.11. The molecule has 0 radical (unpaired) electrons. The summed E-state index contributed by atoms with van der Waals surface area (Å²) in [6.07, 6.45) is 4.67. The smallest absolute Gasteiger partial charge is 0.229 e. The van der Waals surface area contributed by atoms with Crippen LogP contribution in [0.2, 0.25) is 0 Å². The molecule has 11 heteroatoms. The van der Waals surface area contributed by atoms with E-state index < -0.39 is 15.8 Å². The van der Waals surface area contributed by atoms with Crippen LogP contribution in [0.4, 0.5) is 33.2 Å². The van der Waals surface area contributed by atoms with Gasteiger partial charge in [0.05, 0.1) is 36.6 Å². The number of carbonyl (C=O) groups excluding carboxylic acids is 1. The molecule has 0 atom stereocenters. The average Bonchev–Trinajstić information content (AvgIpc) is 3.60. The predicted octanol–water partition coefficient (Wildman–Crippen LogP) is 4.47. The topological polar surface area (TPSA) is 122 Å². The van der Waals surface area contributed by atoms with Crippen molar-refractivity contribution in [2.45, 2.75) is 19.3 Å². The van der Waals surface area contributed by atoms with E-state index in [1.807, 2.05) is 0 Å². The number of carbonyl (C=O) groups is 1. The van der Waals surface area contributed by atoms with Crippen molar-refractivity contribution in [3.05, 3.63) is 60.0 Å². The Labute approximate surface area is 196 Å². The van der Waals surface area contributed by atoms with Crippen LogP contribution in [0.5, 0.6) is 5.75 Å². The van der Waals surface area contributed by atoms with Crippen molar-refractivity contribution >= 4 is 44.6 Å². The Morgan fingerprint density at radius 1 is 1.12 bits per heavy atom. The van der Waals surface area contributed by atoms with Gasteiger partial charge in [-0.25, -0.2) is 17.8 Å². The molecule has 0 unspecified atom stereocenters. The minimum atomic E-state index is -3.54. The van der Waals surface area contributed by atoms with Crippen molar-refractivity contribution < 1.29 is 22.3 Å². The molecule has 1 aliphatic rings. The molecule has 1 aliphatic carbocycles. The predicted molar refractivity (Wildman–Crippen MR) is 128 cm³/mol. The molecule has 1 saturated carbocycles. The van der Waals surface area contributed by atoms with Crippen molar-refractivity contribution in [2.75, 3.05) is 28.7 Å². The molecular formula is C23H24FN5O4S. The molecule has 0 aliphatic heterocycles. The van der Waals surface area contributed by atoms with E-state index in [2.05, 4.69) is 25.3 Å². The largest absolute Gasteiger partial charge is 0.495 e. The number of ketones is 1. The summed E-state index contributed by atoms with van der Waals surface area (Å²) in [6.45, 7) is 0. The number of halogens is 1. The number of nitrogens with zero attached hydrogens (tertiary/aromatic N) is 2. The van der Waals surface area contributed by atoms with E-state index in [4.69, 9.17) is 4.74 Å². The van der Waals surface area contributed by atoms with Gasteiger partial charge in [-0.15, -0.1) is 0 Å². The maximum atomic E-state index is 14.5. The number of hydrogen-bond acceptors (Lipinski definition) is 8. The Morgan fingerprint density at radius 3 is 2.53 bits per heavy atom. The summed E-state index contributed by atoms with van der Waals surface area (Å²) in [5, 5.41) is 5.77. The van der Waals surface area contributed by atoms with Crippen LogP contribution in [0.1, 0.15) is 29.6 Å². The minimum absolute atomic E-state index is 0.0468. The lowest BCUT2D eigenvalue weighted by molar-refractivity contribution is 0.0976. The molecule has 0 spiro atoms. The van der Waals surface area contributed by atoms with Gasteiger partial charge in [-0.1, -0.05) is 12.1 Å². The maximum absolute atomic E-state index is 14.5. The zero-order valence-corrected chi connectivity index (χ0v) is 19.4. The van der Waals surface area contributed by atoms with E-state index in [9.17, 15) is 17.6 Å². The Balaban J connectivity index is 1.59. The number of sulfonamides is 1. The first kappa shape index (κ1) is 23.4. The fourth-order valence-corrected chi connectivity index (χ4v) is 3.90. The zero-order valence-electron chi connectivity index (χ0n) is 18.6. The first-order valence-corrected chi connectivity index (χ1v) is 12.5. The fraction of sp³-hybridized carbons (Fsp3) is 0.261. The van der Waals surface area contributed by atoms with Crippen LogP contribution in [0.25, 0.3) is 0 Å². The molecule has 3 aromatic rings. The normalized spacial score (nSPS) is 13.3. The van der Waals surface area contributed by atoms with Crippen molar-refractivity contribution in [1.82, 2.24) is 9.97 Å². The van der Waals surface area contributed by atoms with Crippen LogP contribution in [0, 0.1) is 11.7 Å². The Morgan fingerprint density at radius 2 is 1.85 bits per heavy atom. The molecule has 0 saturated heterocycles. The number of anilines is 5. The van der Waals surface area contributed by atoms with Crippen molar-refractivity contribution in [3.8, 4) is 5.75 Å². The number of para-hydroxylation sites is 2. The molecule has 2 aromatic carbocycles. The van der Waals surface area contributed by atoms with Crippen LogP contribution in [0.15, 0.2) is 48.7 Å². The Hall–Kier alpha value is -3.73. The van der Waals surface area contributed by atoms with Crippen LogP contribution < -0.4 is 20.1 Å². The standard InChI is InChI=1S/C23H24FN5O4S/c1-33-21-10-9-15(20(30)11-14-7-8-14)12-19(21)27-23-25-13-16(24)22(28-23)26-17-5-3-4-6-18(17)29-34(2,31)32/h3-6,9-10,12-14,29H,7-8,11H2,1-2H3,(H2,25,26,27,28). The van der Waals surface area contributed by atoms with Gasteiger partial charge in [0.1, 0.15) is 5.75 Å². The molecule has 3 N–H and O–H groups in total. The minimum Gasteiger partial charge on any atom is -0.495 e. The highest BCUT2D eigenvalue weighted by atomic mass is 32.2. The highest BCUT2D eigenvalue weighted by molar-refractivity contribution is 7.92. The van der Waals surface area contributed by atoms with Crippen LogP contribution in [0.3, 0.4) is 0 Å². The van der Waals surface area contributed by atoms with Gasteiger partial charge in [-0.3, -0.25) is 9.52 Å². The third-order valence-electron chi connectivity index (χ3n) is 5.16. The number of aromatic nitrogens is 2. The van der Waals surface area contributed by atoms with Gasteiger partial charge in [0.2, 0.25) is 16.0 Å². The van der Waals surface area contributed by atoms with E-state index in [0.29, 0.717) is 35.0 Å². The summed E-state index contributed by atoms with van der Waals surface area (Å²) in [4.78, 5) is 20.7. The van der Waals surface area contributed by atoms with Crippen molar-refractivity contribution in [2.24, 2.45) is 5.92 Å². The van der Waals surface area contributed by atoms with E-state index >= 15 is 0 Å². The zero-order chi connectivity index (χ0) is 24.3. The van der Waals surface area contributed by atoms with Gasteiger partial charge in [0.25, 0.3) is 0 Å². The quantitative estimate of drug-likeness (QED) is 0.360. The molecule has 9 nitrogen and oxygen atoms in total. The molecule has 178 valence electrons. The number of nitrogens with one attached hydrogen (secondary N) is 3. The van der Waals surface area contributed by atoms with E-state index in [1.54, 1.807) is 36.4 Å². The van der Waals surface area contributed by atoms with Crippen molar-refractivity contribution in [3.63, 3.8) is 0 Å². The number of ether oxygens (including phenoxy) is 1. The second-order valence-electron chi connectivity index (χ2n) is 8.05. The number of rotatable bonds is 10. The molecule has 0 bridgehead atoms. The first-order chi connectivity index (χ1) is 16.2. The van der Waals surface area contributed by atoms with Crippen LogP contribution in [-0.4, -0.2) is 37.5 Å². The lowest BCUT2D eigenvalue weighted by atomic mass is 10.0. The summed E-state index contributed by atoms with van der Waals surface area (Å²) in [6, 6.07) is 11.5.